The van der Waals surface area contributed by atoms with Gasteiger partial charge < -0.3 is 9.80 Å². The van der Waals surface area contributed by atoms with Gasteiger partial charge in [-0.2, -0.15) is 0 Å². The van der Waals surface area contributed by atoms with Crippen molar-refractivity contribution in [3.8, 4) is 11.1 Å². The van der Waals surface area contributed by atoms with Gasteiger partial charge in [0.15, 0.2) is 0 Å². The molecule has 0 aliphatic carbocycles. The highest BCUT2D eigenvalue weighted by atomic mass is 15.1. The molecule has 0 radical (unpaired) electrons. The van der Waals surface area contributed by atoms with Gasteiger partial charge in [0.05, 0.1) is 0 Å². The van der Waals surface area contributed by atoms with Gasteiger partial charge in [0.1, 0.15) is 0 Å². The van der Waals surface area contributed by atoms with E-state index in [2.05, 4.69) is 188 Å². The Labute approximate surface area is 269 Å². The summed E-state index contributed by atoms with van der Waals surface area (Å²) >= 11 is 0. The highest BCUT2D eigenvalue weighted by Crippen LogP contribution is 2.38. The van der Waals surface area contributed by atoms with Crippen LogP contribution in [-0.4, -0.2) is 0 Å². The molecular weight excluding hydrogens is 544 g/mol. The van der Waals surface area contributed by atoms with Crippen LogP contribution in [0.1, 0.15) is 50.7 Å². The van der Waals surface area contributed by atoms with Gasteiger partial charge in [-0.15, -0.1) is 0 Å². The molecule has 0 heterocycles. The van der Waals surface area contributed by atoms with Crippen LogP contribution < -0.4 is 9.80 Å². The quantitative estimate of drug-likeness (QED) is 0.149. The monoisotopic (exact) mass is 586 g/mol. The van der Waals surface area contributed by atoms with Crippen LogP contribution >= 0.6 is 0 Å². The van der Waals surface area contributed by atoms with Crippen molar-refractivity contribution in [1.29, 1.82) is 0 Å². The third-order valence-corrected chi connectivity index (χ3v) is 8.68. The molecule has 0 spiro atoms. The van der Waals surface area contributed by atoms with E-state index in [1.807, 2.05) is 0 Å². The normalized spacial score (nSPS) is 11.6. The van der Waals surface area contributed by atoms with E-state index in [9.17, 15) is 0 Å². The van der Waals surface area contributed by atoms with Crippen molar-refractivity contribution >= 4 is 34.1 Å². The zero-order valence-corrected chi connectivity index (χ0v) is 26.6. The molecule has 0 aromatic heterocycles. The molecule has 1 atom stereocenters. The van der Waals surface area contributed by atoms with Crippen molar-refractivity contribution in [2.75, 3.05) is 9.80 Å². The van der Waals surface area contributed by atoms with Crippen LogP contribution in [0.3, 0.4) is 0 Å². The lowest BCUT2D eigenvalue weighted by molar-refractivity contribution is 0.733. The number of anilines is 6. The average molecular weight is 587 g/mol. The predicted molar refractivity (Wildman–Crippen MR) is 194 cm³/mol. The molecule has 0 aliphatic rings. The standard InChI is InChI=1S/C43H42N2/c1-4-12-34-17-25-40(26-18-34)44(38-13-8-6-9-14-38)42-29-21-36(22-30-42)37-23-31-43(32-24-37)45(39-15-10-7-11-16-39)41-27-19-35(20-28-41)33(3)5-2/h6-11,13-33H,4-5,12H2,1-3H3. The Balaban J connectivity index is 1.29. The highest BCUT2D eigenvalue weighted by molar-refractivity contribution is 5.80. The molecule has 0 fully saturated rings. The van der Waals surface area contributed by atoms with E-state index in [4.69, 9.17) is 0 Å². The number of nitrogens with zero attached hydrogens (tertiary/aromatic N) is 2. The first-order valence-electron chi connectivity index (χ1n) is 16.2. The molecule has 45 heavy (non-hydrogen) atoms. The first-order valence-corrected chi connectivity index (χ1v) is 16.2. The lowest BCUT2D eigenvalue weighted by Crippen LogP contribution is -2.10. The summed E-state index contributed by atoms with van der Waals surface area (Å²) in [4.78, 5) is 4.66. The Morgan fingerprint density at radius 1 is 0.422 bits per heavy atom. The summed E-state index contributed by atoms with van der Waals surface area (Å²) in [6.45, 7) is 6.76. The molecular formula is C43H42N2. The molecule has 0 N–H and O–H groups in total. The van der Waals surface area contributed by atoms with Crippen LogP contribution in [0.25, 0.3) is 11.1 Å². The molecule has 2 nitrogen and oxygen atoms in total. The topological polar surface area (TPSA) is 6.48 Å². The Hall–Kier alpha value is -5.08. The average Bonchev–Trinajstić information content (AvgIpc) is 3.11. The number of para-hydroxylation sites is 2. The molecule has 0 amide bonds. The van der Waals surface area contributed by atoms with Gasteiger partial charge in [-0.05, 0) is 114 Å². The van der Waals surface area contributed by atoms with E-state index in [1.165, 1.54) is 22.3 Å². The zero-order valence-electron chi connectivity index (χ0n) is 26.6. The smallest absolute Gasteiger partial charge is 0.0462 e. The van der Waals surface area contributed by atoms with Gasteiger partial charge in [-0.1, -0.05) is 112 Å². The van der Waals surface area contributed by atoms with Crippen LogP contribution in [0.2, 0.25) is 0 Å². The van der Waals surface area contributed by atoms with E-state index in [1.54, 1.807) is 0 Å². The van der Waals surface area contributed by atoms with Crippen molar-refractivity contribution < 1.29 is 0 Å². The summed E-state index contributed by atoms with van der Waals surface area (Å²) < 4.78 is 0. The maximum absolute atomic E-state index is 2.33. The molecule has 0 aliphatic heterocycles. The van der Waals surface area contributed by atoms with Crippen molar-refractivity contribution in [1.82, 2.24) is 0 Å². The minimum atomic E-state index is 0.556. The number of rotatable bonds is 11. The maximum Gasteiger partial charge on any atom is 0.0462 e. The second-order valence-electron chi connectivity index (χ2n) is 11.8. The molecule has 6 rings (SSSR count). The summed E-state index contributed by atoms with van der Waals surface area (Å²) in [6.07, 6.45) is 3.40. The summed E-state index contributed by atoms with van der Waals surface area (Å²) in [6, 6.07) is 57.1. The molecule has 224 valence electrons. The van der Waals surface area contributed by atoms with Gasteiger partial charge in [-0.3, -0.25) is 0 Å². The Morgan fingerprint density at radius 2 is 0.778 bits per heavy atom. The van der Waals surface area contributed by atoms with E-state index >= 15 is 0 Å². The minimum absolute atomic E-state index is 0.556. The SMILES string of the molecule is CCCc1ccc(N(c2ccccc2)c2ccc(-c3ccc(N(c4ccccc4)c4ccc(C(C)CC)cc4)cc3)cc2)cc1. The predicted octanol–water partition coefficient (Wildman–Crippen LogP) is 12.8. The Kier molecular flexibility index (Phi) is 9.41. The van der Waals surface area contributed by atoms with Gasteiger partial charge in [0.25, 0.3) is 0 Å². The summed E-state index contributed by atoms with van der Waals surface area (Å²) in [5.74, 6) is 0.556. The molecule has 0 saturated heterocycles. The van der Waals surface area contributed by atoms with Crippen LogP contribution in [0.5, 0.6) is 0 Å². The third kappa shape index (κ3) is 6.86. The number of aryl methyl sites for hydroxylation is 1. The van der Waals surface area contributed by atoms with E-state index < -0.39 is 0 Å². The van der Waals surface area contributed by atoms with Crippen molar-refractivity contribution in [2.45, 2.75) is 46.0 Å². The van der Waals surface area contributed by atoms with Crippen molar-refractivity contribution in [3.63, 3.8) is 0 Å². The fraction of sp³-hybridized carbons (Fsp3) is 0.163. The number of benzene rings is 6. The van der Waals surface area contributed by atoms with E-state index in [-0.39, 0.29) is 0 Å². The second kappa shape index (κ2) is 14.1. The Bertz CT molecular complexity index is 1760. The summed E-state index contributed by atoms with van der Waals surface area (Å²) in [5, 5.41) is 0. The van der Waals surface area contributed by atoms with Crippen LogP contribution in [0, 0.1) is 0 Å². The number of hydrogen-bond acceptors (Lipinski definition) is 2. The number of hydrogen-bond donors (Lipinski definition) is 0. The van der Waals surface area contributed by atoms with E-state index in [0.29, 0.717) is 5.92 Å². The lowest BCUT2D eigenvalue weighted by atomic mass is 9.98. The maximum atomic E-state index is 2.33. The first-order chi connectivity index (χ1) is 22.1. The summed E-state index contributed by atoms with van der Waals surface area (Å²) in [7, 11) is 0. The molecule has 1 unspecified atom stereocenters. The van der Waals surface area contributed by atoms with Gasteiger partial charge in [-0.25, -0.2) is 0 Å². The minimum Gasteiger partial charge on any atom is -0.311 e. The van der Waals surface area contributed by atoms with Crippen molar-refractivity contribution in [3.05, 3.63) is 169 Å². The van der Waals surface area contributed by atoms with Crippen LogP contribution in [0.4, 0.5) is 34.1 Å². The van der Waals surface area contributed by atoms with Crippen LogP contribution in [-0.2, 0) is 6.42 Å². The molecule has 2 heteroatoms. The van der Waals surface area contributed by atoms with E-state index in [0.717, 1.165) is 53.4 Å². The molecule has 0 bridgehead atoms. The van der Waals surface area contributed by atoms with Gasteiger partial charge in [0.2, 0.25) is 0 Å². The highest BCUT2D eigenvalue weighted by Gasteiger charge is 2.15. The van der Waals surface area contributed by atoms with Crippen LogP contribution in [0.15, 0.2) is 158 Å². The lowest BCUT2D eigenvalue weighted by Gasteiger charge is -2.26. The Morgan fingerprint density at radius 3 is 1.16 bits per heavy atom. The molecule has 6 aromatic rings. The molecule has 6 aromatic carbocycles. The van der Waals surface area contributed by atoms with Crippen molar-refractivity contribution in [2.24, 2.45) is 0 Å². The largest absolute Gasteiger partial charge is 0.311 e. The third-order valence-electron chi connectivity index (χ3n) is 8.68. The summed E-state index contributed by atoms with van der Waals surface area (Å²) in [5.41, 5.74) is 12.0. The van der Waals surface area contributed by atoms with Gasteiger partial charge in [0, 0.05) is 34.1 Å². The first kappa shape index (κ1) is 30.0. The second-order valence-corrected chi connectivity index (χ2v) is 11.8. The zero-order chi connectivity index (χ0) is 31.0. The van der Waals surface area contributed by atoms with Gasteiger partial charge >= 0.3 is 0 Å². The molecule has 0 saturated carbocycles. The fourth-order valence-electron chi connectivity index (χ4n) is 5.94. The fourth-order valence-corrected chi connectivity index (χ4v) is 5.94.